The van der Waals surface area contributed by atoms with Crippen molar-refractivity contribution >= 4 is 10.8 Å². The summed E-state index contributed by atoms with van der Waals surface area (Å²) in [6.07, 6.45) is 5.65. The minimum absolute atomic E-state index is 1.16. The van der Waals surface area contributed by atoms with E-state index < -0.39 is 0 Å². The van der Waals surface area contributed by atoms with E-state index in [9.17, 15) is 0 Å². The molecular weight excluding hydrogens is 210 g/mol. The van der Waals surface area contributed by atoms with Crippen LogP contribution >= 0.6 is 0 Å². The van der Waals surface area contributed by atoms with Gasteiger partial charge in [-0.1, -0.05) is 18.2 Å². The van der Waals surface area contributed by atoms with Gasteiger partial charge in [-0.15, -0.1) is 0 Å². The van der Waals surface area contributed by atoms with Crippen LogP contribution in [0.5, 0.6) is 0 Å². The summed E-state index contributed by atoms with van der Waals surface area (Å²) in [5.74, 6) is 0. The maximum atomic E-state index is 4.30. The quantitative estimate of drug-likeness (QED) is 0.635. The average Bonchev–Trinajstić information content (AvgIpc) is 2.69. The fraction of sp³-hybridized carbons (Fsp3) is 0.143. The highest BCUT2D eigenvalue weighted by atomic mass is 15.3. The van der Waals surface area contributed by atoms with Crippen LogP contribution in [-0.4, -0.2) is 14.8 Å². The Morgan fingerprint density at radius 1 is 1.06 bits per heavy atom. The number of hydrogen-bond acceptors (Lipinski definition) is 2. The van der Waals surface area contributed by atoms with Crippen molar-refractivity contribution in [3.8, 4) is 11.1 Å². The van der Waals surface area contributed by atoms with Gasteiger partial charge in [-0.25, -0.2) is 0 Å². The number of nitrogens with zero attached hydrogens (tertiary/aromatic N) is 3. The Labute approximate surface area is 99.7 Å². The van der Waals surface area contributed by atoms with E-state index in [2.05, 4.69) is 41.3 Å². The van der Waals surface area contributed by atoms with Crippen LogP contribution in [0.4, 0.5) is 0 Å². The first-order valence-electron chi connectivity index (χ1n) is 5.59. The van der Waals surface area contributed by atoms with Crippen molar-refractivity contribution in [2.45, 2.75) is 6.92 Å². The van der Waals surface area contributed by atoms with Crippen molar-refractivity contribution in [3.63, 3.8) is 0 Å². The molecule has 0 atom stereocenters. The molecule has 0 bridgehead atoms. The lowest BCUT2D eigenvalue weighted by Gasteiger charge is -2.05. The van der Waals surface area contributed by atoms with E-state index >= 15 is 0 Å². The zero-order valence-electron chi connectivity index (χ0n) is 9.88. The van der Waals surface area contributed by atoms with Crippen LogP contribution in [0.2, 0.25) is 0 Å². The summed E-state index contributed by atoms with van der Waals surface area (Å²) in [7, 11) is 1.96. The molecule has 3 nitrogen and oxygen atoms in total. The summed E-state index contributed by atoms with van der Waals surface area (Å²) >= 11 is 0. The van der Waals surface area contributed by atoms with Gasteiger partial charge >= 0.3 is 0 Å². The molecule has 17 heavy (non-hydrogen) atoms. The van der Waals surface area contributed by atoms with Gasteiger partial charge in [-0.2, -0.15) is 5.10 Å². The summed E-state index contributed by atoms with van der Waals surface area (Å²) in [5.41, 5.74) is 3.58. The van der Waals surface area contributed by atoms with E-state index in [1.807, 2.05) is 30.3 Å². The van der Waals surface area contributed by atoms with Crippen LogP contribution in [-0.2, 0) is 7.05 Å². The van der Waals surface area contributed by atoms with Gasteiger partial charge in [0.1, 0.15) is 0 Å². The van der Waals surface area contributed by atoms with Crippen molar-refractivity contribution in [2.75, 3.05) is 0 Å². The van der Waals surface area contributed by atoms with Crippen LogP contribution in [0.25, 0.3) is 21.9 Å². The molecule has 0 spiro atoms. The molecule has 0 amide bonds. The molecule has 0 aliphatic heterocycles. The van der Waals surface area contributed by atoms with Crippen molar-refractivity contribution < 1.29 is 0 Å². The number of aromatic nitrogens is 3. The van der Waals surface area contributed by atoms with Crippen molar-refractivity contribution in [1.82, 2.24) is 14.8 Å². The third kappa shape index (κ3) is 1.51. The number of pyridine rings is 1. The topological polar surface area (TPSA) is 30.7 Å². The second-order valence-corrected chi connectivity index (χ2v) is 4.17. The van der Waals surface area contributed by atoms with Crippen molar-refractivity contribution in [2.24, 2.45) is 7.05 Å². The summed E-state index contributed by atoms with van der Waals surface area (Å²) in [4.78, 5) is 4.15. The van der Waals surface area contributed by atoms with Crippen molar-refractivity contribution in [1.29, 1.82) is 0 Å². The summed E-state index contributed by atoms with van der Waals surface area (Å²) in [6.45, 7) is 2.09. The molecule has 0 saturated carbocycles. The van der Waals surface area contributed by atoms with Gasteiger partial charge in [0, 0.05) is 36.1 Å². The van der Waals surface area contributed by atoms with E-state index in [1.54, 1.807) is 0 Å². The van der Waals surface area contributed by atoms with Crippen LogP contribution < -0.4 is 0 Å². The van der Waals surface area contributed by atoms with Crippen LogP contribution in [0.1, 0.15) is 5.69 Å². The Bertz CT molecular complexity index is 678. The zero-order chi connectivity index (χ0) is 11.8. The molecule has 2 aromatic heterocycles. The van der Waals surface area contributed by atoms with Gasteiger partial charge in [0.25, 0.3) is 0 Å². The third-order valence-electron chi connectivity index (χ3n) is 3.21. The maximum absolute atomic E-state index is 4.30. The Kier molecular flexibility index (Phi) is 2.18. The first-order chi connectivity index (χ1) is 8.27. The molecule has 0 fully saturated rings. The highest BCUT2D eigenvalue weighted by Gasteiger charge is 2.09. The number of hydrogen-bond donors (Lipinski definition) is 0. The molecule has 0 saturated heterocycles. The van der Waals surface area contributed by atoms with Gasteiger partial charge in [0.05, 0.1) is 6.20 Å². The van der Waals surface area contributed by atoms with Crippen molar-refractivity contribution in [3.05, 3.63) is 48.5 Å². The fourth-order valence-electron chi connectivity index (χ4n) is 2.12. The number of aryl methyl sites for hydroxylation is 1. The average molecular weight is 223 g/mol. The van der Waals surface area contributed by atoms with Crippen LogP contribution in [0.3, 0.4) is 0 Å². The van der Waals surface area contributed by atoms with E-state index in [4.69, 9.17) is 0 Å². The van der Waals surface area contributed by atoms with Crippen LogP contribution in [0, 0.1) is 6.92 Å². The van der Waals surface area contributed by atoms with Gasteiger partial charge in [0.15, 0.2) is 0 Å². The normalized spacial score (nSPS) is 10.9. The molecule has 0 radical (unpaired) electrons. The molecule has 0 N–H and O–H groups in total. The zero-order valence-corrected chi connectivity index (χ0v) is 9.88. The van der Waals surface area contributed by atoms with Gasteiger partial charge in [0.2, 0.25) is 0 Å². The fourth-order valence-corrected chi connectivity index (χ4v) is 2.12. The lowest BCUT2D eigenvalue weighted by atomic mass is 10.0. The van der Waals surface area contributed by atoms with Gasteiger partial charge in [-0.3, -0.25) is 9.67 Å². The van der Waals surface area contributed by atoms with E-state index in [1.165, 1.54) is 22.2 Å². The largest absolute Gasteiger partial charge is 0.272 e. The number of rotatable bonds is 1. The smallest absolute Gasteiger partial charge is 0.0571 e. The first-order valence-corrected chi connectivity index (χ1v) is 5.59. The van der Waals surface area contributed by atoms with Gasteiger partial charge < -0.3 is 0 Å². The highest BCUT2D eigenvalue weighted by molar-refractivity contribution is 5.96. The van der Waals surface area contributed by atoms with Gasteiger partial charge in [-0.05, 0) is 23.9 Å². The predicted molar refractivity (Wildman–Crippen MR) is 68.7 cm³/mol. The van der Waals surface area contributed by atoms with E-state index in [0.717, 1.165) is 5.39 Å². The summed E-state index contributed by atoms with van der Waals surface area (Å²) in [6, 6.07) is 8.33. The van der Waals surface area contributed by atoms with E-state index in [0.29, 0.717) is 0 Å². The monoisotopic (exact) mass is 223 g/mol. The van der Waals surface area contributed by atoms with Crippen LogP contribution in [0.15, 0.2) is 42.9 Å². The minimum atomic E-state index is 1.16. The van der Waals surface area contributed by atoms with E-state index in [-0.39, 0.29) is 0 Å². The molecule has 3 aromatic rings. The Morgan fingerprint density at radius 3 is 2.71 bits per heavy atom. The Hall–Kier alpha value is -2.16. The lowest BCUT2D eigenvalue weighted by Crippen LogP contribution is -1.92. The minimum Gasteiger partial charge on any atom is -0.272 e. The second-order valence-electron chi connectivity index (χ2n) is 4.17. The second kappa shape index (κ2) is 3.70. The predicted octanol–water partition coefficient (Wildman–Crippen LogP) is 2.94. The molecule has 0 unspecified atom stereocenters. The molecule has 84 valence electrons. The number of fused-ring (bicyclic) bond motifs is 1. The SMILES string of the molecule is Cc1c(-c2cccc3cnccc23)cnn1C. The molecule has 2 heterocycles. The maximum Gasteiger partial charge on any atom is 0.0571 e. The Balaban J connectivity index is 2.34. The molecule has 0 aliphatic rings. The third-order valence-corrected chi connectivity index (χ3v) is 3.21. The summed E-state index contributed by atoms with van der Waals surface area (Å²) in [5, 5.41) is 6.68. The molecular formula is C14H13N3. The standard InChI is InChI=1S/C14H13N3/c1-10-14(9-16-17(10)2)13-5-3-4-11-8-15-7-6-12(11)13/h3-9H,1-2H3. The lowest BCUT2D eigenvalue weighted by molar-refractivity contribution is 0.740. The molecule has 0 aliphatic carbocycles. The number of benzene rings is 1. The molecule has 3 rings (SSSR count). The molecule has 1 aromatic carbocycles. The first kappa shape index (κ1) is 10.0. The summed E-state index contributed by atoms with van der Waals surface area (Å²) < 4.78 is 1.90. The Morgan fingerprint density at radius 2 is 1.94 bits per heavy atom. The molecule has 3 heteroatoms. The highest BCUT2D eigenvalue weighted by Crippen LogP contribution is 2.29.